The van der Waals surface area contributed by atoms with E-state index in [1.165, 1.54) is 7.11 Å². The van der Waals surface area contributed by atoms with E-state index in [1.54, 1.807) is 29.1 Å². The van der Waals surface area contributed by atoms with Crippen LogP contribution in [0.15, 0.2) is 42.9 Å². The molecule has 7 nitrogen and oxygen atoms in total. The highest BCUT2D eigenvalue weighted by atomic mass is 19.2. The van der Waals surface area contributed by atoms with Crippen molar-refractivity contribution in [1.82, 2.24) is 19.8 Å². The molecule has 0 bridgehead atoms. The van der Waals surface area contributed by atoms with Gasteiger partial charge in [-0.25, -0.2) is 18.2 Å². The van der Waals surface area contributed by atoms with Crippen molar-refractivity contribution < 1.29 is 27.8 Å². The van der Waals surface area contributed by atoms with Crippen molar-refractivity contribution in [3.63, 3.8) is 0 Å². The predicted molar refractivity (Wildman–Crippen MR) is 118 cm³/mol. The largest absolute Gasteiger partial charge is 0.495 e. The fourth-order valence-electron chi connectivity index (χ4n) is 4.09. The molecule has 1 aliphatic heterocycles. The van der Waals surface area contributed by atoms with E-state index in [4.69, 9.17) is 4.74 Å². The quantitative estimate of drug-likeness (QED) is 0.537. The van der Waals surface area contributed by atoms with Crippen LogP contribution >= 0.6 is 0 Å². The first-order chi connectivity index (χ1) is 16.2. The van der Waals surface area contributed by atoms with Gasteiger partial charge < -0.3 is 19.7 Å². The standard InChI is InChI=1S/C24H25F3N4O3/c1-14-10-31(13-28-14)20-4-3-16(9-22(20)34-2)24(33)29-19-12-30(6-5-21(19)32)11-15-7-17(25)23(27)18(26)8-15/h3-4,7-10,13,19,21,32H,5-6,11-12H2,1-2H3,(H,29,33). The summed E-state index contributed by atoms with van der Waals surface area (Å²) >= 11 is 0. The zero-order valence-electron chi connectivity index (χ0n) is 18.8. The number of halogens is 3. The number of methoxy groups -OCH3 is 1. The number of nitrogens with zero attached hydrogens (tertiary/aromatic N) is 3. The average molecular weight is 474 g/mol. The summed E-state index contributed by atoms with van der Waals surface area (Å²) in [6, 6.07) is 6.31. The minimum atomic E-state index is -1.51. The SMILES string of the molecule is COc1cc(C(=O)NC2CN(Cc3cc(F)c(F)c(F)c3)CCC2O)ccc1-n1cnc(C)c1. The molecule has 1 amide bonds. The topological polar surface area (TPSA) is 79.6 Å². The maximum absolute atomic E-state index is 13.5. The fraction of sp³-hybridized carbons (Fsp3) is 0.333. The summed E-state index contributed by atoms with van der Waals surface area (Å²) in [5, 5.41) is 13.3. The summed E-state index contributed by atoms with van der Waals surface area (Å²) < 4.78 is 47.6. The Hall–Kier alpha value is -3.37. The number of nitrogens with one attached hydrogen (secondary N) is 1. The molecule has 2 heterocycles. The molecule has 10 heteroatoms. The third kappa shape index (κ3) is 5.07. The van der Waals surface area contributed by atoms with Crippen LogP contribution in [0.3, 0.4) is 0 Å². The van der Waals surface area contributed by atoms with Gasteiger partial charge in [0.1, 0.15) is 5.75 Å². The second-order valence-electron chi connectivity index (χ2n) is 8.35. The number of carbonyl (C=O) groups is 1. The number of aliphatic hydroxyl groups excluding tert-OH is 1. The highest BCUT2D eigenvalue weighted by Crippen LogP contribution is 2.25. The molecule has 2 N–H and O–H groups in total. The summed E-state index contributed by atoms with van der Waals surface area (Å²) in [5.41, 5.74) is 2.19. The first kappa shape index (κ1) is 23.8. The van der Waals surface area contributed by atoms with Crippen molar-refractivity contribution in [2.75, 3.05) is 20.2 Å². The molecule has 34 heavy (non-hydrogen) atoms. The van der Waals surface area contributed by atoms with Crippen LogP contribution in [0.4, 0.5) is 13.2 Å². The molecule has 1 aliphatic rings. The van der Waals surface area contributed by atoms with Crippen LogP contribution in [-0.4, -0.2) is 57.8 Å². The Morgan fingerprint density at radius 3 is 2.62 bits per heavy atom. The monoisotopic (exact) mass is 474 g/mol. The molecule has 1 saturated heterocycles. The number of piperidine rings is 1. The molecule has 2 aromatic carbocycles. The van der Waals surface area contributed by atoms with Gasteiger partial charge in [-0.15, -0.1) is 0 Å². The first-order valence-electron chi connectivity index (χ1n) is 10.8. The maximum Gasteiger partial charge on any atom is 0.251 e. The van der Waals surface area contributed by atoms with E-state index in [2.05, 4.69) is 10.3 Å². The van der Waals surface area contributed by atoms with Crippen LogP contribution in [0.2, 0.25) is 0 Å². The number of amides is 1. The summed E-state index contributed by atoms with van der Waals surface area (Å²) in [6.07, 6.45) is 3.07. The maximum atomic E-state index is 13.5. The molecular weight excluding hydrogens is 449 g/mol. The summed E-state index contributed by atoms with van der Waals surface area (Å²) in [7, 11) is 1.51. The molecule has 0 radical (unpaired) electrons. The number of aryl methyl sites for hydroxylation is 1. The molecule has 0 saturated carbocycles. The molecule has 1 fully saturated rings. The lowest BCUT2D eigenvalue weighted by molar-refractivity contribution is 0.0409. The lowest BCUT2D eigenvalue weighted by atomic mass is 10.0. The van der Waals surface area contributed by atoms with Gasteiger partial charge in [-0.3, -0.25) is 9.69 Å². The van der Waals surface area contributed by atoms with E-state index >= 15 is 0 Å². The second kappa shape index (κ2) is 9.86. The molecule has 180 valence electrons. The lowest BCUT2D eigenvalue weighted by Crippen LogP contribution is -2.54. The van der Waals surface area contributed by atoms with Crippen LogP contribution < -0.4 is 10.1 Å². The number of hydrogen-bond donors (Lipinski definition) is 2. The van der Waals surface area contributed by atoms with Crippen molar-refractivity contribution in [2.45, 2.75) is 32.0 Å². The van der Waals surface area contributed by atoms with Gasteiger partial charge in [0.15, 0.2) is 17.5 Å². The van der Waals surface area contributed by atoms with E-state index in [0.717, 1.165) is 23.5 Å². The number of likely N-dealkylation sites (tertiary alicyclic amines) is 1. The van der Waals surface area contributed by atoms with Crippen LogP contribution in [0.5, 0.6) is 5.75 Å². The second-order valence-corrected chi connectivity index (χ2v) is 8.35. The van der Waals surface area contributed by atoms with Gasteiger partial charge in [-0.1, -0.05) is 0 Å². The van der Waals surface area contributed by atoms with Crippen LogP contribution in [-0.2, 0) is 6.54 Å². The summed E-state index contributed by atoms with van der Waals surface area (Å²) in [4.78, 5) is 19.0. The van der Waals surface area contributed by atoms with Crippen molar-refractivity contribution >= 4 is 5.91 Å². The van der Waals surface area contributed by atoms with Crippen molar-refractivity contribution in [3.8, 4) is 11.4 Å². The van der Waals surface area contributed by atoms with Crippen molar-refractivity contribution in [1.29, 1.82) is 0 Å². The lowest BCUT2D eigenvalue weighted by Gasteiger charge is -2.36. The molecular formula is C24H25F3N4O3. The van der Waals surface area contributed by atoms with Gasteiger partial charge >= 0.3 is 0 Å². The minimum Gasteiger partial charge on any atom is -0.495 e. The number of aromatic nitrogens is 2. The number of imidazole rings is 1. The minimum absolute atomic E-state index is 0.153. The Labute approximate surface area is 194 Å². The summed E-state index contributed by atoms with van der Waals surface area (Å²) in [5.74, 6) is -3.92. The third-order valence-corrected chi connectivity index (χ3v) is 5.86. The number of rotatable bonds is 6. The number of aliphatic hydroxyl groups is 1. The molecule has 2 atom stereocenters. The van der Waals surface area contributed by atoms with E-state index in [1.807, 2.05) is 18.0 Å². The fourth-order valence-corrected chi connectivity index (χ4v) is 4.09. The Morgan fingerprint density at radius 2 is 1.97 bits per heavy atom. The van der Waals surface area contributed by atoms with E-state index in [9.17, 15) is 23.1 Å². The number of carbonyl (C=O) groups excluding carboxylic acids is 1. The Kier molecular flexibility index (Phi) is 6.90. The Morgan fingerprint density at radius 1 is 1.24 bits per heavy atom. The van der Waals surface area contributed by atoms with Gasteiger partial charge in [-0.05, 0) is 49.2 Å². The first-order valence-corrected chi connectivity index (χ1v) is 10.8. The van der Waals surface area contributed by atoms with Crippen molar-refractivity contribution in [2.24, 2.45) is 0 Å². The number of hydrogen-bond acceptors (Lipinski definition) is 5. The number of ether oxygens (including phenoxy) is 1. The summed E-state index contributed by atoms with van der Waals surface area (Å²) in [6.45, 7) is 2.74. The number of benzene rings is 2. The highest BCUT2D eigenvalue weighted by Gasteiger charge is 2.30. The Balaban J connectivity index is 1.45. The zero-order valence-corrected chi connectivity index (χ0v) is 18.8. The van der Waals surface area contributed by atoms with Gasteiger partial charge in [0.25, 0.3) is 5.91 Å². The van der Waals surface area contributed by atoms with Gasteiger partial charge in [0.05, 0.1) is 37.0 Å². The predicted octanol–water partition coefficient (Wildman–Crippen LogP) is 2.97. The molecule has 2 unspecified atom stereocenters. The molecule has 0 spiro atoms. The van der Waals surface area contributed by atoms with E-state index < -0.39 is 35.5 Å². The normalized spacial score (nSPS) is 18.6. The van der Waals surface area contributed by atoms with Crippen LogP contribution in [0.1, 0.15) is 28.0 Å². The van der Waals surface area contributed by atoms with Gasteiger partial charge in [0, 0.05) is 31.4 Å². The van der Waals surface area contributed by atoms with Crippen LogP contribution in [0.25, 0.3) is 5.69 Å². The smallest absolute Gasteiger partial charge is 0.251 e. The van der Waals surface area contributed by atoms with Crippen molar-refractivity contribution in [3.05, 3.63) is 77.1 Å². The molecule has 0 aliphatic carbocycles. The van der Waals surface area contributed by atoms with Gasteiger partial charge in [0.2, 0.25) is 0 Å². The third-order valence-electron chi connectivity index (χ3n) is 5.86. The average Bonchev–Trinajstić information content (AvgIpc) is 3.25. The Bertz CT molecular complexity index is 1180. The molecule has 3 aromatic rings. The van der Waals surface area contributed by atoms with Gasteiger partial charge in [-0.2, -0.15) is 0 Å². The van der Waals surface area contributed by atoms with E-state index in [0.29, 0.717) is 24.3 Å². The van der Waals surface area contributed by atoms with E-state index in [-0.39, 0.29) is 18.7 Å². The zero-order chi connectivity index (χ0) is 24.4. The molecule has 4 rings (SSSR count). The highest BCUT2D eigenvalue weighted by molar-refractivity contribution is 5.95. The molecule has 1 aromatic heterocycles. The van der Waals surface area contributed by atoms with Crippen LogP contribution in [0, 0.1) is 24.4 Å².